The van der Waals surface area contributed by atoms with Crippen LogP contribution in [-0.2, 0) is 0 Å². The fourth-order valence-corrected chi connectivity index (χ4v) is 9.65. The summed E-state index contributed by atoms with van der Waals surface area (Å²) in [5.41, 5.74) is 11.2. The SMILES string of the molecule is c1ccc(-c2ccc3ccc(-c4ccc5cccc(-c6nc(-c7ccc(-c8ccc9ccccc9c8)c8ccccc78)nc(-c7cccc8c7oc7ccccc78)n6)c5c4)cc3c2)cc1. The van der Waals surface area contributed by atoms with Crippen LogP contribution in [0.2, 0.25) is 0 Å². The zero-order valence-corrected chi connectivity index (χ0v) is 35.1. The highest BCUT2D eigenvalue weighted by Gasteiger charge is 2.21. The Kier molecular flexibility index (Phi) is 8.50. The summed E-state index contributed by atoms with van der Waals surface area (Å²) in [6.07, 6.45) is 0. The summed E-state index contributed by atoms with van der Waals surface area (Å²) in [6, 6.07) is 79.6. The predicted octanol–water partition coefficient (Wildman–Crippen LogP) is 16.4. The standard InChI is InChI=1S/C61H37N3O/c1-2-12-38(13-3-1)43-28-24-40-25-29-44(36-47(40)35-43)45-30-27-41-16-10-21-53(56(41)37-45)59-62-60(64-61(63-59)55-22-11-20-52-51-19-8-9-23-57(51)65-58(52)55)54-33-32-48(49-17-6-7-18-50(49)54)46-31-26-39-14-4-5-15-42(39)34-46/h1-37H. The molecule has 0 aliphatic heterocycles. The van der Waals surface area contributed by atoms with E-state index in [1.54, 1.807) is 0 Å². The van der Waals surface area contributed by atoms with Crippen molar-refractivity contribution in [1.29, 1.82) is 0 Å². The van der Waals surface area contributed by atoms with Gasteiger partial charge in [-0.25, -0.2) is 15.0 Å². The Morgan fingerprint density at radius 1 is 0.246 bits per heavy atom. The van der Waals surface area contributed by atoms with Gasteiger partial charge in [-0.1, -0.05) is 182 Å². The normalized spacial score (nSPS) is 11.7. The first-order valence-corrected chi connectivity index (χ1v) is 22.0. The number of hydrogen-bond donors (Lipinski definition) is 0. The fraction of sp³-hybridized carbons (Fsp3) is 0. The Morgan fingerprint density at radius 3 is 1.52 bits per heavy atom. The average molecular weight is 828 g/mol. The van der Waals surface area contributed by atoms with Crippen molar-refractivity contribution in [3.8, 4) is 67.5 Å². The van der Waals surface area contributed by atoms with E-state index in [4.69, 9.17) is 19.4 Å². The van der Waals surface area contributed by atoms with Gasteiger partial charge in [-0.05, 0) is 119 Å². The van der Waals surface area contributed by atoms with Crippen LogP contribution >= 0.6 is 0 Å². The van der Waals surface area contributed by atoms with Crippen molar-refractivity contribution in [1.82, 2.24) is 15.0 Å². The Labute approximate surface area is 374 Å². The molecule has 302 valence electrons. The van der Waals surface area contributed by atoms with Crippen LogP contribution in [0.15, 0.2) is 229 Å². The molecule has 0 spiro atoms. The summed E-state index contributed by atoms with van der Waals surface area (Å²) in [4.78, 5) is 16.1. The number of aromatic nitrogens is 3. The monoisotopic (exact) mass is 827 g/mol. The summed E-state index contributed by atoms with van der Waals surface area (Å²) in [6.45, 7) is 0. The minimum atomic E-state index is 0.550. The molecule has 0 radical (unpaired) electrons. The van der Waals surface area contributed by atoms with Crippen LogP contribution in [-0.4, -0.2) is 15.0 Å². The van der Waals surface area contributed by atoms with E-state index >= 15 is 0 Å². The van der Waals surface area contributed by atoms with E-state index in [1.165, 1.54) is 32.7 Å². The Bertz CT molecular complexity index is 4020. The van der Waals surface area contributed by atoms with Gasteiger partial charge in [0.05, 0.1) is 5.56 Å². The van der Waals surface area contributed by atoms with Crippen LogP contribution in [0.4, 0.5) is 0 Å². The molecule has 4 heteroatoms. The molecule has 11 aromatic carbocycles. The smallest absolute Gasteiger partial charge is 0.167 e. The third-order valence-corrected chi connectivity index (χ3v) is 12.9. The second kappa shape index (κ2) is 15.0. The molecular formula is C61H37N3O. The average Bonchev–Trinajstić information content (AvgIpc) is 3.77. The fourth-order valence-electron chi connectivity index (χ4n) is 9.65. The van der Waals surface area contributed by atoms with E-state index in [2.05, 4.69) is 206 Å². The second-order valence-corrected chi connectivity index (χ2v) is 16.7. The molecule has 0 fully saturated rings. The molecule has 0 saturated heterocycles. The van der Waals surface area contributed by atoms with Crippen LogP contribution in [0.3, 0.4) is 0 Å². The van der Waals surface area contributed by atoms with Crippen molar-refractivity contribution in [3.05, 3.63) is 224 Å². The maximum Gasteiger partial charge on any atom is 0.167 e. The number of nitrogens with zero attached hydrogens (tertiary/aromatic N) is 3. The first-order valence-electron chi connectivity index (χ1n) is 22.0. The van der Waals surface area contributed by atoms with Crippen LogP contribution in [0.5, 0.6) is 0 Å². The largest absolute Gasteiger partial charge is 0.455 e. The molecule has 0 saturated carbocycles. The van der Waals surface area contributed by atoms with E-state index in [1.807, 2.05) is 18.2 Å². The van der Waals surface area contributed by atoms with Gasteiger partial charge in [0.25, 0.3) is 0 Å². The summed E-state index contributed by atoms with van der Waals surface area (Å²) < 4.78 is 6.59. The molecule has 2 heterocycles. The molecule has 2 aromatic heterocycles. The van der Waals surface area contributed by atoms with Crippen LogP contribution in [0.25, 0.3) is 133 Å². The van der Waals surface area contributed by atoms with E-state index in [9.17, 15) is 0 Å². The van der Waals surface area contributed by atoms with Crippen molar-refractivity contribution >= 4 is 65.0 Å². The van der Waals surface area contributed by atoms with Gasteiger partial charge >= 0.3 is 0 Å². The molecule has 13 rings (SSSR count). The Morgan fingerprint density at radius 2 is 0.738 bits per heavy atom. The third-order valence-electron chi connectivity index (χ3n) is 12.9. The number of furan rings is 1. The summed E-state index contributed by atoms with van der Waals surface area (Å²) in [5, 5.41) is 11.3. The number of fused-ring (bicyclic) bond motifs is 7. The summed E-state index contributed by atoms with van der Waals surface area (Å²) in [5.74, 6) is 1.74. The van der Waals surface area contributed by atoms with Gasteiger partial charge in [-0.2, -0.15) is 0 Å². The minimum absolute atomic E-state index is 0.550. The number of para-hydroxylation sites is 2. The molecule has 4 nitrogen and oxygen atoms in total. The lowest BCUT2D eigenvalue weighted by Crippen LogP contribution is -2.01. The van der Waals surface area contributed by atoms with E-state index < -0.39 is 0 Å². The predicted molar refractivity (Wildman–Crippen MR) is 270 cm³/mol. The lowest BCUT2D eigenvalue weighted by molar-refractivity contribution is 0.669. The minimum Gasteiger partial charge on any atom is -0.455 e. The molecular weight excluding hydrogens is 791 g/mol. The summed E-state index contributed by atoms with van der Waals surface area (Å²) in [7, 11) is 0. The lowest BCUT2D eigenvalue weighted by atomic mass is 9.93. The zero-order valence-electron chi connectivity index (χ0n) is 35.1. The van der Waals surface area contributed by atoms with Gasteiger partial charge < -0.3 is 4.42 Å². The summed E-state index contributed by atoms with van der Waals surface area (Å²) >= 11 is 0. The second-order valence-electron chi connectivity index (χ2n) is 16.7. The van der Waals surface area contributed by atoms with E-state index in [0.29, 0.717) is 17.5 Å². The third kappa shape index (κ3) is 6.34. The molecule has 0 amide bonds. The maximum absolute atomic E-state index is 6.59. The molecule has 0 N–H and O–H groups in total. The molecule has 0 atom stereocenters. The van der Waals surface area contributed by atoms with Gasteiger partial charge in [0, 0.05) is 21.9 Å². The van der Waals surface area contributed by atoms with E-state index in [-0.39, 0.29) is 0 Å². The van der Waals surface area contributed by atoms with Gasteiger partial charge in [-0.15, -0.1) is 0 Å². The Balaban J connectivity index is 1.00. The van der Waals surface area contributed by atoms with Gasteiger partial charge in [0.15, 0.2) is 17.5 Å². The van der Waals surface area contributed by atoms with Crippen LogP contribution in [0, 0.1) is 0 Å². The van der Waals surface area contributed by atoms with Crippen LogP contribution in [0.1, 0.15) is 0 Å². The highest BCUT2D eigenvalue weighted by molar-refractivity contribution is 6.10. The van der Waals surface area contributed by atoms with Crippen molar-refractivity contribution < 1.29 is 4.42 Å². The molecule has 0 unspecified atom stereocenters. The lowest BCUT2D eigenvalue weighted by Gasteiger charge is -2.14. The number of hydrogen-bond acceptors (Lipinski definition) is 4. The van der Waals surface area contributed by atoms with Crippen molar-refractivity contribution in [3.63, 3.8) is 0 Å². The molecule has 0 bridgehead atoms. The topological polar surface area (TPSA) is 51.8 Å². The maximum atomic E-state index is 6.59. The molecule has 0 aliphatic carbocycles. The van der Waals surface area contributed by atoms with Gasteiger partial charge in [0.1, 0.15) is 11.2 Å². The van der Waals surface area contributed by atoms with E-state index in [0.717, 1.165) is 82.4 Å². The first kappa shape index (κ1) is 36.9. The van der Waals surface area contributed by atoms with Crippen molar-refractivity contribution in [2.24, 2.45) is 0 Å². The van der Waals surface area contributed by atoms with Crippen molar-refractivity contribution in [2.45, 2.75) is 0 Å². The van der Waals surface area contributed by atoms with Crippen LogP contribution < -0.4 is 0 Å². The number of rotatable bonds is 6. The van der Waals surface area contributed by atoms with Gasteiger partial charge in [-0.3, -0.25) is 0 Å². The molecule has 65 heavy (non-hydrogen) atoms. The molecule has 0 aliphatic rings. The number of benzene rings is 11. The Hall–Kier alpha value is -8.73. The van der Waals surface area contributed by atoms with Crippen molar-refractivity contribution in [2.75, 3.05) is 0 Å². The highest BCUT2D eigenvalue weighted by Crippen LogP contribution is 2.40. The zero-order chi connectivity index (χ0) is 42.8. The highest BCUT2D eigenvalue weighted by atomic mass is 16.3. The van der Waals surface area contributed by atoms with Gasteiger partial charge in [0.2, 0.25) is 0 Å². The quantitative estimate of drug-likeness (QED) is 0.168. The first-order chi connectivity index (χ1) is 32.2. The molecule has 13 aromatic rings.